The SMILES string of the molecule is CCn1[c]nc(-c2cccc(Cl)c2Cl)c1. The van der Waals surface area contributed by atoms with E-state index in [4.69, 9.17) is 23.2 Å². The molecule has 2 aromatic rings. The van der Waals surface area contributed by atoms with Crippen LogP contribution in [0.1, 0.15) is 6.92 Å². The van der Waals surface area contributed by atoms with Gasteiger partial charge in [-0.15, -0.1) is 0 Å². The van der Waals surface area contributed by atoms with Crippen molar-refractivity contribution in [2.75, 3.05) is 0 Å². The quantitative estimate of drug-likeness (QED) is 0.782. The van der Waals surface area contributed by atoms with Crippen LogP contribution in [0.25, 0.3) is 11.3 Å². The third-order valence-electron chi connectivity index (χ3n) is 2.15. The molecule has 1 heterocycles. The summed E-state index contributed by atoms with van der Waals surface area (Å²) in [6.45, 7) is 2.87. The molecular weight excluding hydrogens is 231 g/mol. The van der Waals surface area contributed by atoms with Crippen LogP contribution in [-0.2, 0) is 6.54 Å². The summed E-state index contributed by atoms with van der Waals surface area (Å²) in [5, 5.41) is 1.08. The van der Waals surface area contributed by atoms with Crippen molar-refractivity contribution < 1.29 is 0 Å². The Hall–Kier alpha value is -0.990. The van der Waals surface area contributed by atoms with Crippen molar-refractivity contribution in [2.24, 2.45) is 0 Å². The maximum Gasteiger partial charge on any atom is 0.177 e. The van der Waals surface area contributed by atoms with Gasteiger partial charge in [0.05, 0.1) is 15.7 Å². The smallest absolute Gasteiger partial charge is 0.177 e. The van der Waals surface area contributed by atoms with Crippen molar-refractivity contribution in [3.63, 3.8) is 0 Å². The molecule has 0 fully saturated rings. The molecule has 4 heteroatoms. The zero-order valence-corrected chi connectivity index (χ0v) is 9.68. The second-order valence-electron chi connectivity index (χ2n) is 3.11. The zero-order chi connectivity index (χ0) is 10.8. The molecule has 0 unspecified atom stereocenters. The molecule has 0 saturated carbocycles. The van der Waals surface area contributed by atoms with Gasteiger partial charge in [0.25, 0.3) is 0 Å². The molecule has 0 aliphatic heterocycles. The van der Waals surface area contributed by atoms with Crippen molar-refractivity contribution in [3.8, 4) is 11.3 Å². The lowest BCUT2D eigenvalue weighted by Crippen LogP contribution is -1.87. The van der Waals surface area contributed by atoms with Crippen molar-refractivity contribution in [2.45, 2.75) is 13.5 Å². The number of halogens is 2. The van der Waals surface area contributed by atoms with Crippen molar-refractivity contribution >= 4 is 23.2 Å². The molecule has 0 aliphatic rings. The van der Waals surface area contributed by atoms with E-state index in [0.29, 0.717) is 10.0 Å². The van der Waals surface area contributed by atoms with Crippen LogP contribution in [0.5, 0.6) is 0 Å². The average molecular weight is 240 g/mol. The van der Waals surface area contributed by atoms with Crippen LogP contribution in [0.15, 0.2) is 24.4 Å². The lowest BCUT2D eigenvalue weighted by Gasteiger charge is -2.01. The van der Waals surface area contributed by atoms with Crippen LogP contribution in [0.3, 0.4) is 0 Å². The first-order valence-electron chi connectivity index (χ1n) is 4.61. The van der Waals surface area contributed by atoms with E-state index < -0.39 is 0 Å². The standard InChI is InChI=1S/C11H9Cl2N2/c1-2-15-6-10(14-7-15)8-4-3-5-9(12)11(8)13/h3-6H,2H2,1H3. The van der Waals surface area contributed by atoms with Gasteiger partial charge in [0.15, 0.2) is 6.33 Å². The van der Waals surface area contributed by atoms with Gasteiger partial charge >= 0.3 is 0 Å². The van der Waals surface area contributed by atoms with E-state index in [9.17, 15) is 0 Å². The molecular formula is C11H9Cl2N2. The lowest BCUT2D eigenvalue weighted by molar-refractivity contribution is 0.755. The van der Waals surface area contributed by atoms with E-state index in [-0.39, 0.29) is 0 Å². The van der Waals surface area contributed by atoms with Crippen molar-refractivity contribution in [1.29, 1.82) is 0 Å². The zero-order valence-electron chi connectivity index (χ0n) is 8.17. The molecule has 0 atom stereocenters. The summed E-state index contributed by atoms with van der Waals surface area (Å²) >= 11 is 12.0. The highest BCUT2D eigenvalue weighted by Gasteiger charge is 2.08. The predicted molar refractivity (Wildman–Crippen MR) is 62.2 cm³/mol. The second kappa shape index (κ2) is 4.25. The Kier molecular flexibility index (Phi) is 2.98. The van der Waals surface area contributed by atoms with Crippen LogP contribution in [-0.4, -0.2) is 9.55 Å². The Balaban J connectivity index is 2.49. The summed E-state index contributed by atoms with van der Waals surface area (Å²) < 4.78 is 1.87. The lowest BCUT2D eigenvalue weighted by atomic mass is 10.2. The van der Waals surface area contributed by atoms with Gasteiger partial charge in [-0.2, -0.15) is 0 Å². The summed E-state index contributed by atoms with van der Waals surface area (Å²) in [5.41, 5.74) is 1.64. The minimum atomic E-state index is 0.536. The van der Waals surface area contributed by atoms with Gasteiger partial charge in [-0.25, -0.2) is 4.98 Å². The summed E-state index contributed by atoms with van der Waals surface area (Å²) in [6, 6.07) is 5.51. The molecule has 0 saturated heterocycles. The third-order valence-corrected chi connectivity index (χ3v) is 2.96. The Labute approximate surface area is 98.5 Å². The Morgan fingerprint density at radius 1 is 1.40 bits per heavy atom. The fourth-order valence-electron chi connectivity index (χ4n) is 1.32. The molecule has 2 rings (SSSR count). The Bertz CT molecular complexity index is 477. The average Bonchev–Trinajstić information content (AvgIpc) is 2.70. The fourth-order valence-corrected chi connectivity index (χ4v) is 1.71. The number of hydrogen-bond acceptors (Lipinski definition) is 1. The third kappa shape index (κ3) is 2.01. The fraction of sp³-hybridized carbons (Fsp3) is 0.182. The molecule has 0 bridgehead atoms. The van der Waals surface area contributed by atoms with Crippen LogP contribution < -0.4 is 0 Å². The van der Waals surface area contributed by atoms with E-state index in [1.54, 1.807) is 6.07 Å². The molecule has 1 aromatic heterocycles. The van der Waals surface area contributed by atoms with Gasteiger partial charge in [-0.1, -0.05) is 35.3 Å². The number of aryl methyl sites for hydroxylation is 1. The van der Waals surface area contributed by atoms with Gasteiger partial charge in [-0.3, -0.25) is 0 Å². The molecule has 0 spiro atoms. The highest BCUT2D eigenvalue weighted by atomic mass is 35.5. The molecule has 77 valence electrons. The maximum absolute atomic E-state index is 6.09. The van der Waals surface area contributed by atoms with E-state index in [0.717, 1.165) is 17.8 Å². The highest BCUT2D eigenvalue weighted by Crippen LogP contribution is 2.32. The van der Waals surface area contributed by atoms with Gasteiger partial charge < -0.3 is 4.57 Å². The Morgan fingerprint density at radius 3 is 2.87 bits per heavy atom. The highest BCUT2D eigenvalue weighted by molar-refractivity contribution is 6.43. The van der Waals surface area contributed by atoms with Crippen LogP contribution in [0.4, 0.5) is 0 Å². The number of benzene rings is 1. The maximum atomic E-state index is 6.09. The minimum Gasteiger partial charge on any atom is -0.328 e. The van der Waals surface area contributed by atoms with E-state index in [1.807, 2.05) is 29.8 Å². The van der Waals surface area contributed by atoms with Gasteiger partial charge in [0, 0.05) is 18.3 Å². The normalized spacial score (nSPS) is 10.6. The van der Waals surface area contributed by atoms with Gasteiger partial charge in [0.2, 0.25) is 0 Å². The van der Waals surface area contributed by atoms with Crippen LogP contribution in [0.2, 0.25) is 10.0 Å². The van der Waals surface area contributed by atoms with Gasteiger partial charge in [-0.05, 0) is 13.0 Å². The van der Waals surface area contributed by atoms with E-state index >= 15 is 0 Å². The summed E-state index contributed by atoms with van der Waals surface area (Å²) in [4.78, 5) is 4.15. The van der Waals surface area contributed by atoms with Crippen LogP contribution in [0, 0.1) is 6.33 Å². The topological polar surface area (TPSA) is 17.8 Å². The molecule has 0 aliphatic carbocycles. The molecule has 15 heavy (non-hydrogen) atoms. The Morgan fingerprint density at radius 2 is 2.20 bits per heavy atom. The number of imidazole rings is 1. The molecule has 2 nitrogen and oxygen atoms in total. The van der Waals surface area contributed by atoms with Gasteiger partial charge in [0.1, 0.15) is 0 Å². The van der Waals surface area contributed by atoms with Crippen molar-refractivity contribution in [3.05, 3.63) is 40.8 Å². The van der Waals surface area contributed by atoms with E-state index in [1.165, 1.54) is 0 Å². The summed E-state index contributed by atoms with van der Waals surface area (Å²) in [6.07, 6.45) is 4.77. The monoisotopic (exact) mass is 239 g/mol. The second-order valence-corrected chi connectivity index (χ2v) is 3.90. The first kappa shape index (κ1) is 10.5. The minimum absolute atomic E-state index is 0.536. The predicted octanol–water partition coefficient (Wildman–Crippen LogP) is 3.68. The first-order chi connectivity index (χ1) is 7.22. The molecule has 0 N–H and O–H groups in total. The van der Waals surface area contributed by atoms with Crippen molar-refractivity contribution in [1.82, 2.24) is 9.55 Å². The number of aromatic nitrogens is 2. The van der Waals surface area contributed by atoms with E-state index in [2.05, 4.69) is 11.3 Å². The largest absolute Gasteiger partial charge is 0.328 e. The molecule has 1 aromatic carbocycles. The molecule has 1 radical (unpaired) electrons. The first-order valence-corrected chi connectivity index (χ1v) is 5.37. The summed E-state index contributed by atoms with van der Waals surface area (Å²) in [7, 11) is 0. The number of hydrogen-bond donors (Lipinski definition) is 0. The summed E-state index contributed by atoms with van der Waals surface area (Å²) in [5.74, 6) is 0. The number of nitrogens with zero attached hydrogens (tertiary/aromatic N) is 2. The number of rotatable bonds is 2. The van der Waals surface area contributed by atoms with Crippen LogP contribution >= 0.6 is 23.2 Å². The molecule has 0 amide bonds.